The number of hydrogen-bond acceptors (Lipinski definition) is 7. The molecular formula is C36H52O8. The van der Waals surface area contributed by atoms with Crippen LogP contribution in [0.5, 0.6) is 0 Å². The maximum absolute atomic E-state index is 12.5. The number of carbonyl (C=O) groups excluding carboxylic acids is 3. The van der Waals surface area contributed by atoms with Crippen LogP contribution in [-0.2, 0) is 33.4 Å². The van der Waals surface area contributed by atoms with Crippen molar-refractivity contribution in [2.24, 2.45) is 39.4 Å². The lowest BCUT2D eigenvalue weighted by atomic mass is 9.44. The predicted octanol–water partition coefficient (Wildman–Crippen LogP) is 6.97. The van der Waals surface area contributed by atoms with Crippen molar-refractivity contribution < 1.29 is 38.5 Å². The molecule has 8 nitrogen and oxygen atoms in total. The maximum Gasteiger partial charge on any atom is 0.330 e. The molecule has 0 bridgehead atoms. The Hall–Kier alpha value is -2.90. The Labute approximate surface area is 262 Å². The Kier molecular flexibility index (Phi) is 9.11. The van der Waals surface area contributed by atoms with Gasteiger partial charge in [0.15, 0.2) is 0 Å². The Morgan fingerprint density at radius 1 is 0.932 bits per heavy atom. The lowest BCUT2D eigenvalue weighted by Crippen LogP contribution is -2.56. The molecule has 0 aliphatic heterocycles. The minimum Gasteiger partial charge on any atom is -0.478 e. The van der Waals surface area contributed by atoms with Gasteiger partial charge in [-0.3, -0.25) is 14.4 Å². The molecule has 9 atom stereocenters. The minimum absolute atomic E-state index is 0.0279. The topological polar surface area (TPSA) is 116 Å². The summed E-state index contributed by atoms with van der Waals surface area (Å²) in [4.78, 5) is 48.2. The van der Waals surface area contributed by atoms with Crippen LogP contribution in [0.3, 0.4) is 0 Å². The Morgan fingerprint density at radius 3 is 2.11 bits per heavy atom. The predicted molar refractivity (Wildman–Crippen MR) is 166 cm³/mol. The smallest absolute Gasteiger partial charge is 0.330 e. The van der Waals surface area contributed by atoms with Crippen molar-refractivity contribution >= 4 is 23.9 Å². The van der Waals surface area contributed by atoms with Crippen LogP contribution in [0, 0.1) is 39.4 Å². The van der Waals surface area contributed by atoms with Crippen molar-refractivity contribution in [1.82, 2.24) is 0 Å². The van der Waals surface area contributed by atoms with E-state index < -0.39 is 23.5 Å². The van der Waals surface area contributed by atoms with E-state index in [2.05, 4.69) is 53.7 Å². The van der Waals surface area contributed by atoms with E-state index in [1.165, 1.54) is 31.9 Å². The molecule has 2 saturated carbocycles. The number of ether oxygens (including phenoxy) is 3. The summed E-state index contributed by atoms with van der Waals surface area (Å²) in [6.45, 7) is 19.3. The summed E-state index contributed by atoms with van der Waals surface area (Å²) in [5.74, 6) is -1.78. The molecule has 0 unspecified atom stereocenters. The average molecular weight is 613 g/mol. The molecule has 0 aromatic rings. The fraction of sp³-hybridized carbons (Fsp3) is 0.722. The van der Waals surface area contributed by atoms with Crippen molar-refractivity contribution in [1.29, 1.82) is 0 Å². The van der Waals surface area contributed by atoms with E-state index in [0.717, 1.165) is 25.7 Å². The number of carbonyl (C=O) groups is 4. The normalized spacial score (nSPS) is 37.2. The van der Waals surface area contributed by atoms with E-state index >= 15 is 0 Å². The van der Waals surface area contributed by atoms with Crippen molar-refractivity contribution in [3.05, 3.63) is 34.9 Å². The standard InChI is InChI=1S/C36H52O8/c1-20(32(40)41)11-13-28(42-22(3)37)21(2)27-19-31(44-24(5)39)36(10)26-12-14-29-33(6,7)30(43-23(4)38)16-17-34(29,8)25(26)15-18-35(27,36)9/h11-12,15,21,27-31H,13-14,16-19H2,1-10H3,(H,40,41)/b20-11-/t21-,27+,28-,29-,30+,31-,34+,35+,36+/m0/s1. The lowest BCUT2D eigenvalue weighted by Gasteiger charge is -2.61. The maximum atomic E-state index is 12.5. The first kappa shape index (κ1) is 34.0. The fourth-order valence-electron chi connectivity index (χ4n) is 9.83. The number of carboxylic acids is 1. The summed E-state index contributed by atoms with van der Waals surface area (Å²) in [5, 5.41) is 9.41. The number of hydrogen-bond donors (Lipinski definition) is 1. The first-order valence-corrected chi connectivity index (χ1v) is 16.1. The lowest BCUT2D eigenvalue weighted by molar-refractivity contribution is -0.166. The Morgan fingerprint density at radius 2 is 1.55 bits per heavy atom. The van der Waals surface area contributed by atoms with E-state index in [-0.39, 0.29) is 63.7 Å². The number of carboxylic acid groups (broad SMARTS) is 1. The average Bonchev–Trinajstić information content (AvgIpc) is 3.13. The van der Waals surface area contributed by atoms with Crippen molar-refractivity contribution in [3.63, 3.8) is 0 Å². The van der Waals surface area contributed by atoms with E-state index in [9.17, 15) is 24.3 Å². The zero-order valence-electron chi connectivity index (χ0n) is 28.2. The molecule has 0 radical (unpaired) electrons. The molecule has 0 spiro atoms. The number of esters is 3. The molecule has 1 N–H and O–H groups in total. The molecule has 4 aliphatic carbocycles. The van der Waals surface area contributed by atoms with Crippen LogP contribution in [0.1, 0.15) is 108 Å². The molecule has 8 heteroatoms. The zero-order valence-corrected chi connectivity index (χ0v) is 28.2. The van der Waals surface area contributed by atoms with Gasteiger partial charge in [-0.25, -0.2) is 4.79 Å². The highest BCUT2D eigenvalue weighted by Crippen LogP contribution is 2.72. The molecule has 244 valence electrons. The van der Waals surface area contributed by atoms with Crippen molar-refractivity contribution in [3.8, 4) is 0 Å². The first-order valence-electron chi connectivity index (χ1n) is 16.1. The van der Waals surface area contributed by atoms with E-state index in [0.29, 0.717) is 12.8 Å². The molecule has 0 aromatic heterocycles. The third kappa shape index (κ3) is 5.44. The number of aliphatic carboxylic acids is 1. The van der Waals surface area contributed by atoms with Gasteiger partial charge in [-0.15, -0.1) is 0 Å². The van der Waals surface area contributed by atoms with Crippen LogP contribution in [0.25, 0.3) is 0 Å². The molecule has 44 heavy (non-hydrogen) atoms. The van der Waals surface area contributed by atoms with Gasteiger partial charge in [-0.2, -0.15) is 0 Å². The molecule has 2 fully saturated rings. The highest BCUT2D eigenvalue weighted by molar-refractivity contribution is 5.85. The van der Waals surface area contributed by atoms with E-state index in [1.807, 2.05) is 0 Å². The largest absolute Gasteiger partial charge is 0.478 e. The molecule has 4 aliphatic rings. The third-order valence-electron chi connectivity index (χ3n) is 12.4. The van der Waals surface area contributed by atoms with Crippen LogP contribution in [0.4, 0.5) is 0 Å². The minimum atomic E-state index is -0.999. The van der Waals surface area contributed by atoms with Crippen LogP contribution in [0.15, 0.2) is 34.9 Å². The molecular weight excluding hydrogens is 560 g/mol. The van der Waals surface area contributed by atoms with E-state index in [4.69, 9.17) is 14.2 Å². The zero-order chi connectivity index (χ0) is 33.0. The van der Waals surface area contributed by atoms with Gasteiger partial charge in [0.05, 0.1) is 0 Å². The van der Waals surface area contributed by atoms with Gasteiger partial charge in [0.25, 0.3) is 0 Å². The second-order valence-electron chi connectivity index (χ2n) is 15.1. The number of fused-ring (bicyclic) bond motifs is 5. The van der Waals surface area contributed by atoms with Crippen LogP contribution in [0.2, 0.25) is 0 Å². The molecule has 0 saturated heterocycles. The SMILES string of the molecule is CC(=O)O[C@@H](C/C=C(/C)C(=O)O)[C@@H](C)[C@H]1C[C@H](OC(C)=O)[C@@]2(C)C3=CC[C@H]4C(C)(C)[C@H](OC(C)=O)CC[C@]4(C)C3=CC[C@]12C. The summed E-state index contributed by atoms with van der Waals surface area (Å²) < 4.78 is 17.8. The van der Waals surface area contributed by atoms with Gasteiger partial charge >= 0.3 is 23.9 Å². The highest BCUT2D eigenvalue weighted by Gasteiger charge is 2.68. The van der Waals surface area contributed by atoms with Gasteiger partial charge in [0.2, 0.25) is 0 Å². The van der Waals surface area contributed by atoms with Gasteiger partial charge in [0, 0.05) is 43.6 Å². The molecule has 0 aromatic carbocycles. The summed E-state index contributed by atoms with van der Waals surface area (Å²) in [7, 11) is 0. The Balaban J connectivity index is 1.78. The second-order valence-corrected chi connectivity index (χ2v) is 15.1. The quantitative estimate of drug-likeness (QED) is 0.177. The van der Waals surface area contributed by atoms with Crippen molar-refractivity contribution in [2.75, 3.05) is 0 Å². The van der Waals surface area contributed by atoms with Gasteiger partial charge in [0.1, 0.15) is 18.3 Å². The van der Waals surface area contributed by atoms with Gasteiger partial charge in [-0.05, 0) is 78.8 Å². The second kappa shape index (κ2) is 11.8. The van der Waals surface area contributed by atoms with Crippen LogP contribution in [-0.4, -0.2) is 47.3 Å². The van der Waals surface area contributed by atoms with Gasteiger partial charge < -0.3 is 19.3 Å². The highest BCUT2D eigenvalue weighted by atomic mass is 16.6. The van der Waals surface area contributed by atoms with Crippen LogP contribution >= 0.6 is 0 Å². The summed E-state index contributed by atoms with van der Waals surface area (Å²) in [6.07, 6.45) is 9.58. The summed E-state index contributed by atoms with van der Waals surface area (Å²) in [5.41, 5.74) is 1.63. The molecule has 4 rings (SSSR count). The number of rotatable bonds is 8. The van der Waals surface area contributed by atoms with Crippen LogP contribution < -0.4 is 0 Å². The summed E-state index contributed by atoms with van der Waals surface area (Å²) in [6, 6.07) is 0. The van der Waals surface area contributed by atoms with Crippen molar-refractivity contribution in [2.45, 2.75) is 126 Å². The monoisotopic (exact) mass is 612 g/mol. The Bertz CT molecular complexity index is 1300. The summed E-state index contributed by atoms with van der Waals surface area (Å²) >= 11 is 0. The molecule has 0 amide bonds. The van der Waals surface area contributed by atoms with E-state index in [1.54, 1.807) is 13.0 Å². The number of allylic oxidation sites excluding steroid dienone is 3. The third-order valence-corrected chi connectivity index (χ3v) is 12.4. The fourth-order valence-corrected chi connectivity index (χ4v) is 9.83. The van der Waals surface area contributed by atoms with Gasteiger partial charge in [-0.1, -0.05) is 59.8 Å². The molecule has 0 heterocycles. The first-order chi connectivity index (χ1) is 20.3.